The Kier molecular flexibility index (Phi) is 5.65. The Bertz CT molecular complexity index is 819. The molecule has 1 N–H and O–H groups in total. The van der Waals surface area contributed by atoms with Crippen LogP contribution in [-0.2, 0) is 11.2 Å². The summed E-state index contributed by atoms with van der Waals surface area (Å²) in [7, 11) is 0. The molecule has 0 fully saturated rings. The summed E-state index contributed by atoms with van der Waals surface area (Å²) in [6.07, 6.45) is 1.49. The van der Waals surface area contributed by atoms with E-state index in [-0.39, 0.29) is 18.0 Å². The summed E-state index contributed by atoms with van der Waals surface area (Å²) in [6, 6.07) is 9.92. The lowest BCUT2D eigenvalue weighted by atomic mass is 10.0. The fraction of sp³-hybridized carbons (Fsp3) is 0.176. The minimum atomic E-state index is -0.521. The Morgan fingerprint density at radius 3 is 2.75 bits per heavy atom. The molecule has 0 saturated heterocycles. The topological polar surface area (TPSA) is 84.6 Å². The molecule has 0 radical (unpaired) electrons. The van der Waals surface area contributed by atoms with Crippen molar-refractivity contribution in [1.82, 2.24) is 5.43 Å². The van der Waals surface area contributed by atoms with Crippen LogP contribution in [-0.4, -0.2) is 17.0 Å². The summed E-state index contributed by atoms with van der Waals surface area (Å²) in [5, 5.41) is 14.9. The number of hydrogen-bond acceptors (Lipinski definition) is 4. The van der Waals surface area contributed by atoms with Gasteiger partial charge >= 0.3 is 0 Å². The lowest BCUT2D eigenvalue weighted by Crippen LogP contribution is -2.20. The number of nitrogens with zero attached hydrogens (tertiary/aromatic N) is 2. The van der Waals surface area contributed by atoms with Gasteiger partial charge in [-0.25, -0.2) is 5.43 Å². The first kappa shape index (κ1) is 17.6. The van der Waals surface area contributed by atoms with Crippen molar-refractivity contribution < 1.29 is 9.72 Å². The van der Waals surface area contributed by atoms with Crippen LogP contribution in [0, 0.1) is 24.0 Å². The molecule has 0 aromatic heterocycles. The minimum Gasteiger partial charge on any atom is -0.273 e. The van der Waals surface area contributed by atoms with Gasteiger partial charge in [0.05, 0.1) is 17.6 Å². The number of rotatable bonds is 5. The van der Waals surface area contributed by atoms with E-state index >= 15 is 0 Å². The molecule has 1 amide bonds. The largest absolute Gasteiger partial charge is 0.273 e. The van der Waals surface area contributed by atoms with Gasteiger partial charge in [0.1, 0.15) is 0 Å². The fourth-order valence-corrected chi connectivity index (χ4v) is 2.29. The van der Waals surface area contributed by atoms with Crippen LogP contribution in [0.25, 0.3) is 0 Å². The number of hydrazone groups is 1. The molecule has 0 aliphatic heterocycles. The standard InChI is InChI=1S/C17H16ClN3O3/c1-11-3-4-12(2)13(7-11)9-17(22)20-19-10-14-8-15(21(23)24)5-6-16(14)18/h3-8,10H,9H2,1-2H3,(H,20,22)/b19-10+. The summed E-state index contributed by atoms with van der Waals surface area (Å²) in [5.41, 5.74) is 5.70. The predicted molar refractivity (Wildman–Crippen MR) is 93.5 cm³/mol. The smallest absolute Gasteiger partial charge is 0.270 e. The van der Waals surface area contributed by atoms with Crippen LogP contribution in [0.4, 0.5) is 5.69 Å². The second-order valence-electron chi connectivity index (χ2n) is 5.36. The average molecular weight is 346 g/mol. The monoisotopic (exact) mass is 345 g/mol. The zero-order valence-corrected chi connectivity index (χ0v) is 14.0. The van der Waals surface area contributed by atoms with Crippen LogP contribution < -0.4 is 5.43 Å². The molecule has 0 bridgehead atoms. The van der Waals surface area contributed by atoms with E-state index in [4.69, 9.17) is 11.6 Å². The number of amides is 1. The van der Waals surface area contributed by atoms with E-state index in [9.17, 15) is 14.9 Å². The van der Waals surface area contributed by atoms with Crippen LogP contribution >= 0.6 is 11.6 Å². The summed E-state index contributed by atoms with van der Waals surface area (Å²) in [5.74, 6) is -0.276. The molecule has 124 valence electrons. The van der Waals surface area contributed by atoms with Crippen LogP contribution in [0.1, 0.15) is 22.3 Å². The molecule has 0 aliphatic carbocycles. The van der Waals surface area contributed by atoms with E-state index in [1.807, 2.05) is 32.0 Å². The summed E-state index contributed by atoms with van der Waals surface area (Å²) >= 11 is 5.96. The molecule has 0 saturated carbocycles. The van der Waals surface area contributed by atoms with E-state index in [0.717, 1.165) is 16.7 Å². The summed E-state index contributed by atoms with van der Waals surface area (Å²) in [6.45, 7) is 3.90. The minimum absolute atomic E-state index is 0.0948. The SMILES string of the molecule is Cc1ccc(C)c(CC(=O)N/N=C/c2cc([N+](=O)[O-])ccc2Cl)c1. The maximum atomic E-state index is 12.0. The van der Waals surface area contributed by atoms with Crippen molar-refractivity contribution in [1.29, 1.82) is 0 Å². The Labute approximate surface area is 144 Å². The van der Waals surface area contributed by atoms with Crippen LogP contribution in [0.3, 0.4) is 0 Å². The number of hydrogen-bond donors (Lipinski definition) is 1. The van der Waals surface area contributed by atoms with Crippen LogP contribution in [0.5, 0.6) is 0 Å². The molecule has 0 atom stereocenters. The van der Waals surface area contributed by atoms with Gasteiger partial charge in [0.2, 0.25) is 5.91 Å². The summed E-state index contributed by atoms with van der Waals surface area (Å²) < 4.78 is 0. The molecule has 2 aromatic carbocycles. The molecular weight excluding hydrogens is 330 g/mol. The Balaban J connectivity index is 2.03. The second kappa shape index (κ2) is 7.70. The molecule has 0 heterocycles. The van der Waals surface area contributed by atoms with Gasteiger partial charge < -0.3 is 0 Å². The van der Waals surface area contributed by atoms with Crippen molar-refractivity contribution in [3.8, 4) is 0 Å². The number of nitrogens with one attached hydrogen (secondary N) is 1. The number of carbonyl (C=O) groups excluding carboxylic acids is 1. The quantitative estimate of drug-likeness (QED) is 0.511. The first-order chi connectivity index (χ1) is 11.4. The highest BCUT2D eigenvalue weighted by molar-refractivity contribution is 6.33. The van der Waals surface area contributed by atoms with Crippen LogP contribution in [0.15, 0.2) is 41.5 Å². The maximum Gasteiger partial charge on any atom is 0.270 e. The third-order valence-electron chi connectivity index (χ3n) is 3.44. The van der Waals surface area contributed by atoms with E-state index in [1.54, 1.807) is 0 Å². The number of non-ortho nitro benzene ring substituents is 1. The Hall–Kier alpha value is -2.73. The molecule has 0 unspecified atom stereocenters. The third kappa shape index (κ3) is 4.63. The Morgan fingerprint density at radius 2 is 2.04 bits per heavy atom. The molecule has 0 spiro atoms. The molecule has 6 nitrogen and oxygen atoms in total. The highest BCUT2D eigenvalue weighted by Gasteiger charge is 2.09. The zero-order chi connectivity index (χ0) is 17.7. The number of carbonyl (C=O) groups is 1. The van der Waals surface area contributed by atoms with Crippen molar-refractivity contribution in [2.45, 2.75) is 20.3 Å². The van der Waals surface area contributed by atoms with Gasteiger partial charge in [-0.3, -0.25) is 14.9 Å². The van der Waals surface area contributed by atoms with E-state index < -0.39 is 4.92 Å². The summed E-state index contributed by atoms with van der Waals surface area (Å²) in [4.78, 5) is 22.2. The van der Waals surface area contributed by atoms with Gasteiger partial charge in [0.25, 0.3) is 5.69 Å². The lowest BCUT2D eigenvalue weighted by Gasteiger charge is -2.06. The Morgan fingerprint density at radius 1 is 1.29 bits per heavy atom. The highest BCUT2D eigenvalue weighted by atomic mass is 35.5. The normalized spacial score (nSPS) is 10.8. The van der Waals surface area contributed by atoms with Gasteiger partial charge in [0.15, 0.2) is 0 Å². The zero-order valence-electron chi connectivity index (χ0n) is 13.2. The van der Waals surface area contributed by atoms with E-state index in [1.165, 1.54) is 24.4 Å². The van der Waals surface area contributed by atoms with E-state index in [0.29, 0.717) is 10.6 Å². The molecule has 0 aliphatic rings. The van der Waals surface area contributed by atoms with Crippen molar-refractivity contribution in [2.75, 3.05) is 0 Å². The maximum absolute atomic E-state index is 12.0. The van der Waals surface area contributed by atoms with E-state index in [2.05, 4.69) is 10.5 Å². The van der Waals surface area contributed by atoms with Gasteiger partial charge in [-0.2, -0.15) is 5.10 Å². The average Bonchev–Trinajstić information content (AvgIpc) is 2.52. The van der Waals surface area contributed by atoms with Gasteiger partial charge in [-0.1, -0.05) is 35.4 Å². The number of nitro benzene ring substituents is 1. The lowest BCUT2D eigenvalue weighted by molar-refractivity contribution is -0.384. The van der Waals surface area contributed by atoms with Gasteiger partial charge in [-0.15, -0.1) is 0 Å². The second-order valence-corrected chi connectivity index (χ2v) is 5.77. The number of aryl methyl sites for hydroxylation is 2. The van der Waals surface area contributed by atoms with Crippen molar-refractivity contribution in [2.24, 2.45) is 5.10 Å². The fourth-order valence-electron chi connectivity index (χ4n) is 2.12. The number of halogens is 1. The number of nitro groups is 1. The molecule has 2 rings (SSSR count). The highest BCUT2D eigenvalue weighted by Crippen LogP contribution is 2.20. The van der Waals surface area contributed by atoms with Crippen molar-refractivity contribution in [3.63, 3.8) is 0 Å². The van der Waals surface area contributed by atoms with Crippen molar-refractivity contribution >= 4 is 29.4 Å². The van der Waals surface area contributed by atoms with Crippen molar-refractivity contribution in [3.05, 3.63) is 73.8 Å². The predicted octanol–water partition coefficient (Wildman–Crippen LogP) is 3.56. The van der Waals surface area contributed by atoms with Gasteiger partial charge in [0, 0.05) is 22.7 Å². The molecule has 7 heteroatoms. The molecule has 24 heavy (non-hydrogen) atoms. The third-order valence-corrected chi connectivity index (χ3v) is 3.78. The first-order valence-electron chi connectivity index (χ1n) is 7.19. The number of benzene rings is 2. The van der Waals surface area contributed by atoms with Gasteiger partial charge in [-0.05, 0) is 31.0 Å². The molecular formula is C17H16ClN3O3. The molecule has 2 aromatic rings. The first-order valence-corrected chi connectivity index (χ1v) is 7.56. The van der Waals surface area contributed by atoms with Crippen LogP contribution in [0.2, 0.25) is 5.02 Å².